The number of hydrogen-bond donors (Lipinski definition) is 2. The van der Waals surface area contributed by atoms with Crippen molar-refractivity contribution < 1.29 is 4.74 Å². The van der Waals surface area contributed by atoms with Crippen molar-refractivity contribution in [3.8, 4) is 6.01 Å². The van der Waals surface area contributed by atoms with E-state index in [4.69, 9.17) is 4.74 Å². The fraction of sp³-hybridized carbons (Fsp3) is 0.455. The zero-order valence-electron chi connectivity index (χ0n) is 11.4. The summed E-state index contributed by atoms with van der Waals surface area (Å²) < 4.78 is 6.78. The zero-order valence-corrected chi connectivity index (χ0v) is 11.4. The molecule has 0 spiro atoms. The Hall–Kier alpha value is -2.38. The molecule has 0 saturated carbocycles. The van der Waals surface area contributed by atoms with Gasteiger partial charge in [0, 0.05) is 19.8 Å². The lowest BCUT2D eigenvalue weighted by atomic mass is 10.4. The van der Waals surface area contributed by atoms with Crippen LogP contribution in [0.15, 0.2) is 6.20 Å². The lowest BCUT2D eigenvalue weighted by molar-refractivity contribution is 0.379. The van der Waals surface area contributed by atoms with E-state index in [1.807, 2.05) is 27.1 Å². The number of aryl methyl sites for hydroxylation is 2. The average molecular weight is 263 g/mol. The smallest absolute Gasteiger partial charge is 0.322 e. The number of anilines is 3. The molecule has 2 aromatic rings. The number of ether oxygens (including phenoxy) is 1. The van der Waals surface area contributed by atoms with Crippen molar-refractivity contribution in [1.82, 2.24) is 24.7 Å². The van der Waals surface area contributed by atoms with Gasteiger partial charge in [-0.1, -0.05) is 0 Å². The maximum absolute atomic E-state index is 5.05. The van der Waals surface area contributed by atoms with Crippen molar-refractivity contribution in [1.29, 1.82) is 0 Å². The second kappa shape index (κ2) is 5.51. The van der Waals surface area contributed by atoms with Gasteiger partial charge in [0.1, 0.15) is 0 Å². The molecule has 2 aromatic heterocycles. The monoisotopic (exact) mass is 263 g/mol. The molecule has 102 valence electrons. The van der Waals surface area contributed by atoms with Gasteiger partial charge in [-0.05, 0) is 13.8 Å². The van der Waals surface area contributed by atoms with Crippen LogP contribution in [0.1, 0.15) is 12.6 Å². The number of methoxy groups -OCH3 is 1. The Balaban J connectivity index is 2.28. The highest BCUT2D eigenvalue weighted by atomic mass is 16.5. The molecular weight excluding hydrogens is 246 g/mol. The van der Waals surface area contributed by atoms with Crippen molar-refractivity contribution >= 4 is 17.6 Å². The number of nitrogens with one attached hydrogen (secondary N) is 2. The van der Waals surface area contributed by atoms with Crippen LogP contribution in [0.3, 0.4) is 0 Å². The van der Waals surface area contributed by atoms with Crippen LogP contribution in [0.25, 0.3) is 0 Å². The van der Waals surface area contributed by atoms with E-state index in [1.165, 1.54) is 7.11 Å². The number of aromatic nitrogens is 5. The molecule has 8 heteroatoms. The van der Waals surface area contributed by atoms with Gasteiger partial charge < -0.3 is 15.4 Å². The van der Waals surface area contributed by atoms with Crippen molar-refractivity contribution in [2.24, 2.45) is 7.05 Å². The van der Waals surface area contributed by atoms with Gasteiger partial charge in [-0.2, -0.15) is 20.1 Å². The molecule has 0 amide bonds. The molecule has 8 nitrogen and oxygen atoms in total. The number of rotatable bonds is 5. The molecular formula is C11H17N7O. The van der Waals surface area contributed by atoms with Crippen molar-refractivity contribution in [2.75, 3.05) is 24.3 Å². The lowest BCUT2D eigenvalue weighted by Crippen LogP contribution is -2.08. The third-order valence-corrected chi connectivity index (χ3v) is 2.39. The summed E-state index contributed by atoms with van der Waals surface area (Å²) in [7, 11) is 3.38. The molecule has 0 aliphatic rings. The van der Waals surface area contributed by atoms with Crippen LogP contribution in [0.2, 0.25) is 0 Å². The molecule has 0 atom stereocenters. The molecule has 2 heterocycles. The molecule has 0 aromatic carbocycles. The number of nitrogens with zero attached hydrogens (tertiary/aromatic N) is 5. The summed E-state index contributed by atoms with van der Waals surface area (Å²) in [6.07, 6.45) is 1.86. The molecule has 0 fully saturated rings. The average Bonchev–Trinajstić information content (AvgIpc) is 2.68. The molecule has 0 unspecified atom stereocenters. The molecule has 0 saturated heterocycles. The van der Waals surface area contributed by atoms with Gasteiger partial charge in [0.2, 0.25) is 11.9 Å². The Morgan fingerprint density at radius 1 is 1.26 bits per heavy atom. The van der Waals surface area contributed by atoms with E-state index in [0.29, 0.717) is 11.9 Å². The summed E-state index contributed by atoms with van der Waals surface area (Å²) in [5.74, 6) is 0.886. The summed E-state index contributed by atoms with van der Waals surface area (Å²) >= 11 is 0. The van der Waals surface area contributed by atoms with Gasteiger partial charge >= 0.3 is 6.01 Å². The van der Waals surface area contributed by atoms with E-state index < -0.39 is 0 Å². The largest absolute Gasteiger partial charge is 0.467 e. The van der Waals surface area contributed by atoms with Gasteiger partial charge in [-0.15, -0.1) is 0 Å². The maximum atomic E-state index is 5.05. The fourth-order valence-electron chi connectivity index (χ4n) is 1.58. The van der Waals surface area contributed by atoms with Gasteiger partial charge in [0.05, 0.1) is 18.5 Å². The maximum Gasteiger partial charge on any atom is 0.322 e. The van der Waals surface area contributed by atoms with Gasteiger partial charge in [0.15, 0.2) is 0 Å². The molecule has 2 rings (SSSR count). The van der Waals surface area contributed by atoms with Crippen molar-refractivity contribution in [2.45, 2.75) is 13.8 Å². The van der Waals surface area contributed by atoms with E-state index in [9.17, 15) is 0 Å². The van der Waals surface area contributed by atoms with Crippen molar-refractivity contribution in [3.63, 3.8) is 0 Å². The first-order chi connectivity index (χ1) is 9.12. The number of hydrogen-bond acceptors (Lipinski definition) is 7. The third-order valence-electron chi connectivity index (χ3n) is 2.39. The van der Waals surface area contributed by atoms with Crippen LogP contribution in [0.5, 0.6) is 6.01 Å². The second-order valence-electron chi connectivity index (χ2n) is 3.93. The topological polar surface area (TPSA) is 89.8 Å². The van der Waals surface area contributed by atoms with Crippen molar-refractivity contribution in [3.05, 3.63) is 11.9 Å². The van der Waals surface area contributed by atoms with E-state index in [2.05, 4.69) is 30.7 Å². The lowest BCUT2D eigenvalue weighted by Gasteiger charge is -2.07. The van der Waals surface area contributed by atoms with Gasteiger partial charge in [-0.3, -0.25) is 4.68 Å². The Morgan fingerprint density at radius 3 is 2.58 bits per heavy atom. The molecule has 0 aliphatic carbocycles. The molecule has 0 radical (unpaired) electrons. The first-order valence-electron chi connectivity index (χ1n) is 5.93. The van der Waals surface area contributed by atoms with Crippen LogP contribution < -0.4 is 15.4 Å². The van der Waals surface area contributed by atoms with Crippen LogP contribution in [-0.4, -0.2) is 38.4 Å². The highest BCUT2D eigenvalue weighted by Gasteiger charge is 2.09. The van der Waals surface area contributed by atoms with E-state index in [-0.39, 0.29) is 6.01 Å². The first kappa shape index (κ1) is 13.1. The van der Waals surface area contributed by atoms with E-state index >= 15 is 0 Å². The quantitative estimate of drug-likeness (QED) is 0.834. The first-order valence-corrected chi connectivity index (χ1v) is 5.93. The molecule has 0 bridgehead atoms. The summed E-state index contributed by atoms with van der Waals surface area (Å²) in [6.45, 7) is 4.60. The Kier molecular flexibility index (Phi) is 3.79. The predicted molar refractivity (Wildman–Crippen MR) is 71.8 cm³/mol. The predicted octanol–water partition coefficient (Wildman–Crippen LogP) is 1.10. The summed E-state index contributed by atoms with van der Waals surface area (Å²) in [6, 6.07) is 0.259. The molecule has 19 heavy (non-hydrogen) atoms. The van der Waals surface area contributed by atoms with Gasteiger partial charge in [-0.25, -0.2) is 0 Å². The third kappa shape index (κ3) is 3.09. The van der Waals surface area contributed by atoms with Crippen LogP contribution in [0, 0.1) is 6.92 Å². The van der Waals surface area contributed by atoms with Crippen LogP contribution >= 0.6 is 0 Å². The second-order valence-corrected chi connectivity index (χ2v) is 3.93. The SMILES string of the molecule is CCNc1nc(Nc2cn(C)nc2C)nc(OC)n1. The summed E-state index contributed by atoms with van der Waals surface area (Å²) in [4.78, 5) is 12.5. The van der Waals surface area contributed by atoms with E-state index in [0.717, 1.165) is 17.9 Å². The Labute approximate surface area is 111 Å². The fourth-order valence-corrected chi connectivity index (χ4v) is 1.58. The normalized spacial score (nSPS) is 10.3. The minimum absolute atomic E-state index is 0.259. The Morgan fingerprint density at radius 2 is 2.00 bits per heavy atom. The minimum Gasteiger partial charge on any atom is -0.467 e. The van der Waals surface area contributed by atoms with Gasteiger partial charge in [0.25, 0.3) is 0 Å². The van der Waals surface area contributed by atoms with Crippen LogP contribution in [0.4, 0.5) is 17.6 Å². The molecule has 0 aliphatic heterocycles. The highest BCUT2D eigenvalue weighted by Crippen LogP contribution is 2.18. The Bertz CT molecular complexity index is 566. The van der Waals surface area contributed by atoms with Crippen LogP contribution in [-0.2, 0) is 7.05 Å². The zero-order chi connectivity index (χ0) is 13.8. The van der Waals surface area contributed by atoms with E-state index in [1.54, 1.807) is 4.68 Å². The summed E-state index contributed by atoms with van der Waals surface area (Å²) in [5.41, 5.74) is 1.71. The molecule has 2 N–H and O–H groups in total. The standard InChI is InChI=1S/C11H17N7O/c1-5-12-9-14-10(16-11(15-9)19-4)13-8-6-18(3)17-7(8)2/h6H,5H2,1-4H3,(H2,12,13,14,15,16). The highest BCUT2D eigenvalue weighted by molar-refractivity contribution is 5.55. The minimum atomic E-state index is 0.259. The summed E-state index contributed by atoms with van der Waals surface area (Å²) in [5, 5.41) is 10.4.